The summed E-state index contributed by atoms with van der Waals surface area (Å²) < 4.78 is 1.99. The second-order valence-electron chi connectivity index (χ2n) is 5.95. The molecule has 3 aromatic rings. The molecule has 0 N–H and O–H groups in total. The van der Waals surface area contributed by atoms with Gasteiger partial charge in [0.25, 0.3) is 0 Å². The lowest BCUT2D eigenvalue weighted by Crippen LogP contribution is -2.11. The molecule has 4 nitrogen and oxygen atoms in total. The highest BCUT2D eigenvalue weighted by Gasteiger charge is 2.15. The fourth-order valence-corrected chi connectivity index (χ4v) is 3.47. The van der Waals surface area contributed by atoms with Gasteiger partial charge in [-0.05, 0) is 42.2 Å². The Morgan fingerprint density at radius 2 is 2.08 bits per heavy atom. The highest BCUT2D eigenvalue weighted by atomic mass is 32.1. The van der Waals surface area contributed by atoms with E-state index in [-0.39, 0.29) is 5.78 Å². The first-order valence-corrected chi connectivity index (χ1v) is 9.07. The summed E-state index contributed by atoms with van der Waals surface area (Å²) in [5, 5.41) is 2.97. The molecule has 1 unspecified atom stereocenters. The highest BCUT2D eigenvalue weighted by Crippen LogP contribution is 2.22. The minimum atomic E-state index is 0.110. The molecule has 3 rings (SSSR count). The van der Waals surface area contributed by atoms with Gasteiger partial charge in [-0.3, -0.25) is 9.78 Å². The number of nitrogens with zero attached hydrogens (tertiary/aromatic N) is 3. The van der Waals surface area contributed by atoms with Crippen molar-refractivity contribution in [3.8, 4) is 0 Å². The van der Waals surface area contributed by atoms with E-state index in [1.807, 2.05) is 35.0 Å². The molecule has 0 fully saturated rings. The maximum absolute atomic E-state index is 12.7. The summed E-state index contributed by atoms with van der Waals surface area (Å²) in [6, 6.07) is 7.73. The predicted octanol–water partition coefficient (Wildman–Crippen LogP) is 4.33. The minimum Gasteiger partial charge on any atom is -0.341 e. The lowest BCUT2D eigenvalue weighted by atomic mass is 10.1. The van der Waals surface area contributed by atoms with Crippen LogP contribution in [0, 0.1) is 0 Å². The van der Waals surface area contributed by atoms with Gasteiger partial charge in [0.2, 0.25) is 0 Å². The lowest BCUT2D eigenvalue weighted by molar-refractivity contribution is 0.0984. The predicted molar refractivity (Wildman–Crippen MR) is 96.6 cm³/mol. The van der Waals surface area contributed by atoms with Crippen LogP contribution in [0.4, 0.5) is 0 Å². The van der Waals surface area contributed by atoms with Gasteiger partial charge in [0, 0.05) is 30.5 Å². The second kappa shape index (κ2) is 7.53. The summed E-state index contributed by atoms with van der Waals surface area (Å²) in [6.45, 7) is 4.99. The molecular weight excluding hydrogens is 318 g/mol. The van der Waals surface area contributed by atoms with Gasteiger partial charge in [-0.15, -0.1) is 11.3 Å². The van der Waals surface area contributed by atoms with E-state index in [4.69, 9.17) is 0 Å². The van der Waals surface area contributed by atoms with E-state index in [1.165, 1.54) is 0 Å². The number of pyridine rings is 1. The van der Waals surface area contributed by atoms with Gasteiger partial charge in [0.15, 0.2) is 5.78 Å². The Morgan fingerprint density at radius 1 is 1.29 bits per heavy atom. The zero-order valence-corrected chi connectivity index (χ0v) is 14.8. The van der Waals surface area contributed by atoms with Crippen molar-refractivity contribution in [2.45, 2.75) is 39.2 Å². The molecule has 0 spiro atoms. The second-order valence-corrected chi connectivity index (χ2v) is 6.89. The van der Waals surface area contributed by atoms with Crippen LogP contribution in [0.3, 0.4) is 0 Å². The molecule has 5 heteroatoms. The molecule has 0 saturated heterocycles. The highest BCUT2D eigenvalue weighted by molar-refractivity contribution is 7.09. The summed E-state index contributed by atoms with van der Waals surface area (Å²) in [4.78, 5) is 21.3. The first-order valence-electron chi connectivity index (χ1n) is 8.19. The molecule has 1 atom stereocenters. The van der Waals surface area contributed by atoms with E-state index < -0.39 is 0 Å². The zero-order chi connectivity index (χ0) is 16.9. The molecule has 3 aromatic heterocycles. The van der Waals surface area contributed by atoms with E-state index in [1.54, 1.807) is 23.7 Å². The van der Waals surface area contributed by atoms with Crippen molar-refractivity contribution in [3.63, 3.8) is 0 Å². The molecule has 0 bridgehead atoms. The molecule has 3 heterocycles. The van der Waals surface area contributed by atoms with Gasteiger partial charge in [0.1, 0.15) is 5.01 Å². The van der Waals surface area contributed by atoms with Crippen LogP contribution in [0.15, 0.2) is 48.2 Å². The van der Waals surface area contributed by atoms with Crippen molar-refractivity contribution in [2.75, 3.05) is 0 Å². The normalized spacial score (nSPS) is 12.2. The van der Waals surface area contributed by atoms with Gasteiger partial charge in [-0.2, -0.15) is 0 Å². The van der Waals surface area contributed by atoms with Gasteiger partial charge in [0.05, 0.1) is 17.8 Å². The van der Waals surface area contributed by atoms with Crippen molar-refractivity contribution in [1.29, 1.82) is 0 Å². The van der Waals surface area contributed by atoms with Crippen LogP contribution in [0.25, 0.3) is 0 Å². The number of aromatic nitrogens is 3. The molecule has 124 valence electrons. The SMILES string of the molecule is CCC(C)c1csc(CC(=O)c2cccn2Cc2ccncc2)n1. The fourth-order valence-electron chi connectivity index (χ4n) is 2.56. The van der Waals surface area contributed by atoms with Crippen molar-refractivity contribution >= 4 is 17.1 Å². The summed E-state index contributed by atoms with van der Waals surface area (Å²) in [6.07, 6.45) is 6.91. The van der Waals surface area contributed by atoms with Gasteiger partial charge in [-0.1, -0.05) is 13.8 Å². The molecule has 0 amide bonds. The van der Waals surface area contributed by atoms with E-state index in [2.05, 4.69) is 29.2 Å². The van der Waals surface area contributed by atoms with Crippen molar-refractivity contribution in [2.24, 2.45) is 0 Å². The van der Waals surface area contributed by atoms with Crippen LogP contribution in [-0.4, -0.2) is 20.3 Å². The number of hydrogen-bond acceptors (Lipinski definition) is 4. The maximum atomic E-state index is 12.7. The number of hydrogen-bond donors (Lipinski definition) is 0. The number of Topliss-reactive ketones (excluding diaryl/α,β-unsaturated/α-hetero) is 1. The van der Waals surface area contributed by atoms with Crippen molar-refractivity contribution in [1.82, 2.24) is 14.5 Å². The third kappa shape index (κ3) is 3.79. The Balaban J connectivity index is 1.72. The Kier molecular flexibility index (Phi) is 5.20. The molecule has 24 heavy (non-hydrogen) atoms. The quantitative estimate of drug-likeness (QED) is 0.602. The lowest BCUT2D eigenvalue weighted by Gasteiger charge is -2.08. The topological polar surface area (TPSA) is 47.8 Å². The third-order valence-electron chi connectivity index (χ3n) is 4.22. The Hall–Kier alpha value is -2.27. The number of carbonyl (C=O) groups is 1. The summed E-state index contributed by atoms with van der Waals surface area (Å²) in [7, 11) is 0. The smallest absolute Gasteiger partial charge is 0.186 e. The van der Waals surface area contributed by atoms with Gasteiger partial charge < -0.3 is 4.57 Å². The van der Waals surface area contributed by atoms with Crippen molar-refractivity contribution < 1.29 is 4.79 Å². The van der Waals surface area contributed by atoms with E-state index in [0.717, 1.165) is 28.4 Å². The largest absolute Gasteiger partial charge is 0.341 e. The number of rotatable bonds is 7. The van der Waals surface area contributed by atoms with E-state index >= 15 is 0 Å². The van der Waals surface area contributed by atoms with Crippen LogP contribution in [0.2, 0.25) is 0 Å². The number of carbonyl (C=O) groups excluding carboxylic acids is 1. The van der Waals surface area contributed by atoms with Crippen LogP contribution in [0.5, 0.6) is 0 Å². The Bertz CT molecular complexity index is 807. The zero-order valence-electron chi connectivity index (χ0n) is 14.0. The van der Waals surface area contributed by atoms with E-state index in [9.17, 15) is 4.79 Å². The molecule has 0 aliphatic rings. The molecule has 0 radical (unpaired) electrons. The van der Waals surface area contributed by atoms with Crippen LogP contribution >= 0.6 is 11.3 Å². The van der Waals surface area contributed by atoms with Crippen molar-refractivity contribution in [3.05, 3.63) is 70.2 Å². The van der Waals surface area contributed by atoms with Crippen LogP contribution < -0.4 is 0 Å². The molecule has 0 aliphatic carbocycles. The number of ketones is 1. The Morgan fingerprint density at radius 3 is 2.83 bits per heavy atom. The van der Waals surface area contributed by atoms with Crippen LogP contribution in [-0.2, 0) is 13.0 Å². The Labute approximate surface area is 146 Å². The summed E-state index contributed by atoms with van der Waals surface area (Å²) in [5.41, 5.74) is 2.95. The van der Waals surface area contributed by atoms with Gasteiger partial charge >= 0.3 is 0 Å². The first-order chi connectivity index (χ1) is 11.7. The maximum Gasteiger partial charge on any atom is 0.186 e. The number of thiazole rings is 1. The third-order valence-corrected chi connectivity index (χ3v) is 5.08. The molecular formula is C19H21N3OS. The standard InChI is InChI=1S/C19H21N3OS/c1-3-14(2)16-13-24-19(21-16)11-18(23)17-5-4-10-22(17)12-15-6-8-20-9-7-15/h4-10,13-14H,3,11-12H2,1-2H3. The van der Waals surface area contributed by atoms with Crippen LogP contribution in [0.1, 0.15) is 52.9 Å². The first kappa shape index (κ1) is 16.6. The minimum absolute atomic E-state index is 0.110. The van der Waals surface area contributed by atoms with Gasteiger partial charge in [-0.25, -0.2) is 4.98 Å². The average Bonchev–Trinajstić information content (AvgIpc) is 3.24. The fraction of sp³-hybridized carbons (Fsp3) is 0.316. The monoisotopic (exact) mass is 339 g/mol. The summed E-state index contributed by atoms with van der Waals surface area (Å²) in [5.74, 6) is 0.555. The average molecular weight is 339 g/mol. The summed E-state index contributed by atoms with van der Waals surface area (Å²) >= 11 is 1.58. The van der Waals surface area contributed by atoms with E-state index in [0.29, 0.717) is 18.9 Å². The molecule has 0 aliphatic heterocycles. The molecule has 0 saturated carbocycles. The molecule has 0 aromatic carbocycles.